The Morgan fingerprint density at radius 2 is 1.50 bits per heavy atom. The van der Waals surface area contributed by atoms with Gasteiger partial charge in [-0.2, -0.15) is 0 Å². The maximum atomic E-state index is 12.7. The van der Waals surface area contributed by atoms with E-state index >= 15 is 0 Å². The molecule has 0 spiro atoms. The molecule has 0 bridgehead atoms. The Labute approximate surface area is 142 Å². The minimum Gasteiger partial charge on any atom is -0.462 e. The molecule has 0 radical (unpaired) electrons. The van der Waals surface area contributed by atoms with E-state index in [9.17, 15) is 9.59 Å². The van der Waals surface area contributed by atoms with Crippen LogP contribution in [0.15, 0.2) is 60.7 Å². The van der Waals surface area contributed by atoms with E-state index in [0.29, 0.717) is 6.42 Å². The third-order valence-electron chi connectivity index (χ3n) is 4.58. The molecule has 1 aliphatic rings. The van der Waals surface area contributed by atoms with Crippen LogP contribution in [0.3, 0.4) is 0 Å². The lowest BCUT2D eigenvalue weighted by Crippen LogP contribution is -2.28. The molecule has 0 aliphatic heterocycles. The quantitative estimate of drug-likeness (QED) is 0.629. The number of Topliss-reactive ketones (excluding diaryl/α,β-unsaturated/α-hetero) is 1. The van der Waals surface area contributed by atoms with E-state index in [2.05, 4.69) is 0 Å². The summed E-state index contributed by atoms with van der Waals surface area (Å²) in [4.78, 5) is 25.2. The van der Waals surface area contributed by atoms with E-state index in [0.717, 1.165) is 11.1 Å². The van der Waals surface area contributed by atoms with Crippen molar-refractivity contribution < 1.29 is 14.3 Å². The highest BCUT2D eigenvalue weighted by atomic mass is 16.5. The van der Waals surface area contributed by atoms with Gasteiger partial charge in [0.2, 0.25) is 0 Å². The van der Waals surface area contributed by atoms with Gasteiger partial charge in [0, 0.05) is 12.3 Å². The van der Waals surface area contributed by atoms with Crippen molar-refractivity contribution in [2.75, 3.05) is 0 Å². The number of rotatable bonds is 4. The number of esters is 1. The Bertz CT molecular complexity index is 706. The summed E-state index contributed by atoms with van der Waals surface area (Å²) in [6, 6.07) is 19.8. The van der Waals surface area contributed by atoms with E-state index < -0.39 is 11.9 Å². The zero-order chi connectivity index (χ0) is 17.1. The van der Waals surface area contributed by atoms with Gasteiger partial charge in [-0.25, -0.2) is 0 Å². The number of carbonyl (C=O) groups excluding carboxylic acids is 2. The van der Waals surface area contributed by atoms with Crippen molar-refractivity contribution in [2.45, 2.75) is 38.2 Å². The largest absolute Gasteiger partial charge is 0.462 e. The summed E-state index contributed by atoms with van der Waals surface area (Å²) in [6.07, 6.45) is 0.152. The number of ether oxygens (including phenoxy) is 1. The van der Waals surface area contributed by atoms with E-state index in [4.69, 9.17) is 4.74 Å². The Morgan fingerprint density at radius 3 is 2.04 bits per heavy atom. The second kappa shape index (κ2) is 7.00. The zero-order valence-corrected chi connectivity index (χ0v) is 14.0. The first kappa shape index (κ1) is 16.4. The summed E-state index contributed by atoms with van der Waals surface area (Å²) < 4.78 is 5.38. The van der Waals surface area contributed by atoms with Crippen molar-refractivity contribution in [1.29, 1.82) is 0 Å². The summed E-state index contributed by atoms with van der Waals surface area (Å²) in [5, 5.41) is 0. The van der Waals surface area contributed by atoms with Crippen molar-refractivity contribution in [3.8, 4) is 0 Å². The standard InChI is InChI=1S/C21H22O3/c1-14(2)24-21(23)20-18(22)13-17(15-9-5-3-6-10-15)19(20)16-11-7-4-8-12-16/h3-12,14,17,19-20H,13H2,1-2H3. The van der Waals surface area contributed by atoms with Crippen LogP contribution in [-0.4, -0.2) is 17.9 Å². The SMILES string of the molecule is CC(C)OC(=O)C1C(=O)CC(c2ccccc2)C1c1ccccc1. The predicted octanol–water partition coefficient (Wildman–Crippen LogP) is 4.09. The van der Waals surface area contributed by atoms with E-state index in [-0.39, 0.29) is 23.7 Å². The van der Waals surface area contributed by atoms with Crippen LogP contribution >= 0.6 is 0 Å². The molecule has 3 unspecified atom stereocenters. The van der Waals surface area contributed by atoms with Gasteiger partial charge in [0.25, 0.3) is 0 Å². The van der Waals surface area contributed by atoms with Gasteiger partial charge >= 0.3 is 5.97 Å². The molecule has 0 aromatic heterocycles. The van der Waals surface area contributed by atoms with Gasteiger partial charge in [0.15, 0.2) is 0 Å². The minimum absolute atomic E-state index is 0.00538. The third kappa shape index (κ3) is 3.25. The molecule has 0 saturated heterocycles. The molecule has 2 aromatic rings. The summed E-state index contributed by atoms with van der Waals surface area (Å²) >= 11 is 0. The third-order valence-corrected chi connectivity index (χ3v) is 4.58. The molecule has 24 heavy (non-hydrogen) atoms. The molecule has 0 heterocycles. The lowest BCUT2D eigenvalue weighted by Gasteiger charge is -2.24. The second-order valence-electron chi connectivity index (χ2n) is 6.59. The molecule has 2 aromatic carbocycles. The molecule has 3 heteroatoms. The molecule has 0 amide bonds. The van der Waals surface area contributed by atoms with Gasteiger partial charge in [0.05, 0.1) is 6.10 Å². The van der Waals surface area contributed by atoms with Crippen LogP contribution in [0.5, 0.6) is 0 Å². The minimum atomic E-state index is -0.722. The Kier molecular flexibility index (Phi) is 4.79. The van der Waals surface area contributed by atoms with Gasteiger partial charge < -0.3 is 4.74 Å². The van der Waals surface area contributed by atoms with Gasteiger partial charge in [-0.05, 0) is 30.9 Å². The predicted molar refractivity (Wildman–Crippen MR) is 92.7 cm³/mol. The first-order valence-electron chi connectivity index (χ1n) is 8.41. The maximum Gasteiger partial charge on any atom is 0.317 e. The van der Waals surface area contributed by atoms with Crippen LogP contribution in [0.1, 0.15) is 43.2 Å². The van der Waals surface area contributed by atoms with E-state index in [1.807, 2.05) is 74.5 Å². The Hall–Kier alpha value is -2.42. The smallest absolute Gasteiger partial charge is 0.317 e. The average Bonchev–Trinajstić information content (AvgIpc) is 2.93. The number of ketones is 1. The van der Waals surface area contributed by atoms with Crippen LogP contribution < -0.4 is 0 Å². The van der Waals surface area contributed by atoms with Gasteiger partial charge in [-0.15, -0.1) is 0 Å². The van der Waals surface area contributed by atoms with E-state index in [1.54, 1.807) is 0 Å². The molecular formula is C21H22O3. The highest BCUT2D eigenvalue weighted by molar-refractivity contribution is 6.02. The van der Waals surface area contributed by atoms with Crippen molar-refractivity contribution in [1.82, 2.24) is 0 Å². The van der Waals surface area contributed by atoms with Gasteiger partial charge in [-0.3, -0.25) is 9.59 Å². The topological polar surface area (TPSA) is 43.4 Å². The normalized spacial score (nSPS) is 23.5. The molecule has 0 N–H and O–H groups in total. The average molecular weight is 322 g/mol. The molecular weight excluding hydrogens is 300 g/mol. The maximum absolute atomic E-state index is 12.7. The molecule has 1 saturated carbocycles. The lowest BCUT2D eigenvalue weighted by atomic mass is 9.80. The molecule has 3 atom stereocenters. The summed E-state index contributed by atoms with van der Waals surface area (Å²) in [7, 11) is 0. The van der Waals surface area contributed by atoms with E-state index in [1.165, 1.54) is 0 Å². The highest BCUT2D eigenvalue weighted by Crippen LogP contribution is 2.48. The monoisotopic (exact) mass is 322 g/mol. The highest BCUT2D eigenvalue weighted by Gasteiger charge is 2.48. The fourth-order valence-corrected chi connectivity index (χ4v) is 3.61. The zero-order valence-electron chi connectivity index (χ0n) is 14.0. The van der Waals surface area contributed by atoms with Gasteiger partial charge in [0.1, 0.15) is 11.7 Å². The number of hydrogen-bond donors (Lipinski definition) is 0. The summed E-state index contributed by atoms with van der Waals surface area (Å²) in [5.41, 5.74) is 2.11. The number of benzene rings is 2. The molecule has 3 nitrogen and oxygen atoms in total. The first-order chi connectivity index (χ1) is 11.6. The molecule has 1 fully saturated rings. The Balaban J connectivity index is 2.02. The van der Waals surface area contributed by atoms with Crippen LogP contribution in [0, 0.1) is 5.92 Å². The first-order valence-corrected chi connectivity index (χ1v) is 8.41. The van der Waals surface area contributed by atoms with Gasteiger partial charge in [-0.1, -0.05) is 60.7 Å². The van der Waals surface area contributed by atoms with Crippen molar-refractivity contribution in [3.05, 3.63) is 71.8 Å². The second-order valence-corrected chi connectivity index (χ2v) is 6.59. The molecule has 124 valence electrons. The van der Waals surface area contributed by atoms with Crippen molar-refractivity contribution in [3.63, 3.8) is 0 Å². The molecule has 3 rings (SSSR count). The summed E-state index contributed by atoms with van der Waals surface area (Å²) in [5.74, 6) is -1.32. The van der Waals surface area contributed by atoms with Crippen molar-refractivity contribution in [2.24, 2.45) is 5.92 Å². The fraction of sp³-hybridized carbons (Fsp3) is 0.333. The number of carbonyl (C=O) groups is 2. The number of hydrogen-bond acceptors (Lipinski definition) is 3. The lowest BCUT2D eigenvalue weighted by molar-refractivity contribution is -0.154. The van der Waals surface area contributed by atoms with Crippen LogP contribution in [-0.2, 0) is 14.3 Å². The van der Waals surface area contributed by atoms with Crippen molar-refractivity contribution >= 4 is 11.8 Å². The van der Waals surface area contributed by atoms with Crippen LogP contribution in [0.25, 0.3) is 0 Å². The fourth-order valence-electron chi connectivity index (χ4n) is 3.61. The Morgan fingerprint density at radius 1 is 0.958 bits per heavy atom. The van der Waals surface area contributed by atoms with Crippen LogP contribution in [0.2, 0.25) is 0 Å². The molecule has 1 aliphatic carbocycles. The summed E-state index contributed by atoms with van der Waals surface area (Å²) in [6.45, 7) is 3.62. The van der Waals surface area contributed by atoms with Crippen LogP contribution in [0.4, 0.5) is 0 Å².